The second-order valence-corrected chi connectivity index (χ2v) is 5.94. The molecule has 1 fully saturated rings. The molecule has 2 amide bonds. The third-order valence-electron chi connectivity index (χ3n) is 3.00. The summed E-state index contributed by atoms with van der Waals surface area (Å²) < 4.78 is 0. The van der Waals surface area contributed by atoms with Crippen molar-refractivity contribution in [2.45, 2.75) is 44.5 Å². The zero-order valence-electron chi connectivity index (χ0n) is 10.5. The number of amides is 2. The summed E-state index contributed by atoms with van der Waals surface area (Å²) in [6, 6.07) is -0.304. The molecule has 0 spiro atoms. The molecule has 0 bridgehead atoms. The van der Waals surface area contributed by atoms with Crippen molar-refractivity contribution in [1.29, 1.82) is 0 Å². The van der Waals surface area contributed by atoms with Gasteiger partial charge in [0.1, 0.15) is 0 Å². The molecule has 6 heteroatoms. The second kappa shape index (κ2) is 6.14. The van der Waals surface area contributed by atoms with Crippen LogP contribution in [0.3, 0.4) is 0 Å². The van der Waals surface area contributed by atoms with Crippen LogP contribution in [0.4, 0.5) is 4.79 Å². The van der Waals surface area contributed by atoms with Gasteiger partial charge < -0.3 is 15.3 Å². The molecule has 98 valence electrons. The highest BCUT2D eigenvalue weighted by Gasteiger charge is 2.29. The van der Waals surface area contributed by atoms with Crippen molar-refractivity contribution in [2.24, 2.45) is 0 Å². The minimum absolute atomic E-state index is 0.0434. The van der Waals surface area contributed by atoms with Crippen molar-refractivity contribution in [1.82, 2.24) is 10.2 Å². The Kier molecular flexibility index (Phi) is 5.11. The number of hydrogen-bond acceptors (Lipinski definition) is 3. The Labute approximate surface area is 106 Å². The number of nitrogens with one attached hydrogen (secondary N) is 1. The zero-order valence-corrected chi connectivity index (χ0v) is 11.3. The van der Waals surface area contributed by atoms with E-state index in [9.17, 15) is 9.59 Å². The minimum atomic E-state index is -0.895. The van der Waals surface area contributed by atoms with E-state index in [0.717, 1.165) is 12.3 Å². The number of carbonyl (C=O) groups excluding carboxylic acids is 1. The van der Waals surface area contributed by atoms with Gasteiger partial charge in [0.05, 0.1) is 6.42 Å². The largest absolute Gasteiger partial charge is 0.481 e. The van der Waals surface area contributed by atoms with Crippen LogP contribution >= 0.6 is 11.8 Å². The Morgan fingerprint density at radius 2 is 2.18 bits per heavy atom. The van der Waals surface area contributed by atoms with Crippen LogP contribution in [0.5, 0.6) is 0 Å². The van der Waals surface area contributed by atoms with E-state index >= 15 is 0 Å². The van der Waals surface area contributed by atoms with Crippen LogP contribution in [-0.4, -0.2) is 51.6 Å². The number of nitrogens with zero attached hydrogens (tertiary/aromatic N) is 1. The van der Waals surface area contributed by atoms with Gasteiger partial charge in [-0.3, -0.25) is 4.79 Å². The zero-order chi connectivity index (χ0) is 13.0. The Morgan fingerprint density at radius 3 is 2.76 bits per heavy atom. The molecule has 5 nitrogen and oxygen atoms in total. The molecule has 0 aliphatic carbocycles. The van der Waals surface area contributed by atoms with Gasteiger partial charge in [-0.1, -0.05) is 6.92 Å². The lowest BCUT2D eigenvalue weighted by Gasteiger charge is -2.37. The fraction of sp³-hybridized carbons (Fsp3) is 0.818. The van der Waals surface area contributed by atoms with E-state index in [2.05, 4.69) is 12.2 Å². The molecule has 0 aromatic heterocycles. The average molecular weight is 260 g/mol. The number of carbonyl (C=O) groups is 2. The van der Waals surface area contributed by atoms with Gasteiger partial charge in [0.2, 0.25) is 0 Å². The summed E-state index contributed by atoms with van der Waals surface area (Å²) in [5, 5.41) is 11.8. The molecule has 0 aromatic carbocycles. The number of urea groups is 1. The van der Waals surface area contributed by atoms with Crippen LogP contribution in [0.1, 0.15) is 27.2 Å². The van der Waals surface area contributed by atoms with E-state index in [1.54, 1.807) is 11.8 Å². The minimum Gasteiger partial charge on any atom is -0.481 e. The summed E-state index contributed by atoms with van der Waals surface area (Å²) in [4.78, 5) is 24.3. The third-order valence-corrected chi connectivity index (χ3v) is 4.33. The smallest absolute Gasteiger partial charge is 0.317 e. The normalized spacial score (nSPS) is 26.4. The SMILES string of the molecule is CC(CC(=O)O)NC(=O)N1CCSC(C)C1C. The number of carboxylic acid groups (broad SMARTS) is 1. The third kappa shape index (κ3) is 4.11. The maximum atomic E-state index is 12.0. The van der Waals surface area contributed by atoms with Crippen LogP contribution in [0.25, 0.3) is 0 Å². The van der Waals surface area contributed by atoms with Gasteiger partial charge in [-0.25, -0.2) is 4.79 Å². The summed E-state index contributed by atoms with van der Waals surface area (Å²) in [5.74, 6) is 0.0418. The highest BCUT2D eigenvalue weighted by atomic mass is 32.2. The quantitative estimate of drug-likeness (QED) is 0.804. The van der Waals surface area contributed by atoms with E-state index in [0.29, 0.717) is 5.25 Å². The Balaban J connectivity index is 2.48. The van der Waals surface area contributed by atoms with E-state index in [4.69, 9.17) is 5.11 Å². The molecule has 0 saturated carbocycles. The standard InChI is InChI=1S/C11H20N2O3S/c1-7(6-10(14)15)12-11(16)13-4-5-17-9(3)8(13)2/h7-9H,4-6H2,1-3H3,(H,12,16)(H,14,15). The Bertz CT molecular complexity index is 298. The molecule has 1 aliphatic rings. The maximum Gasteiger partial charge on any atom is 0.317 e. The molecule has 2 N–H and O–H groups in total. The predicted molar refractivity (Wildman–Crippen MR) is 68.3 cm³/mol. The van der Waals surface area contributed by atoms with E-state index in [1.807, 2.05) is 18.7 Å². The molecular weight excluding hydrogens is 240 g/mol. The van der Waals surface area contributed by atoms with Gasteiger partial charge in [-0.2, -0.15) is 11.8 Å². The fourth-order valence-electron chi connectivity index (χ4n) is 1.83. The van der Waals surface area contributed by atoms with Gasteiger partial charge in [0, 0.05) is 29.6 Å². The first kappa shape index (κ1) is 14.2. The molecule has 3 unspecified atom stereocenters. The van der Waals surface area contributed by atoms with Crippen molar-refractivity contribution >= 4 is 23.8 Å². The summed E-state index contributed by atoms with van der Waals surface area (Å²) in [5.41, 5.74) is 0. The molecule has 1 heterocycles. The molecule has 1 rings (SSSR count). The van der Waals surface area contributed by atoms with Crippen LogP contribution in [-0.2, 0) is 4.79 Å². The Morgan fingerprint density at radius 1 is 1.53 bits per heavy atom. The van der Waals surface area contributed by atoms with Crippen molar-refractivity contribution in [3.05, 3.63) is 0 Å². The average Bonchev–Trinajstić information content (AvgIpc) is 2.20. The molecule has 17 heavy (non-hydrogen) atoms. The lowest BCUT2D eigenvalue weighted by molar-refractivity contribution is -0.137. The van der Waals surface area contributed by atoms with Gasteiger partial charge in [-0.15, -0.1) is 0 Å². The van der Waals surface area contributed by atoms with E-state index < -0.39 is 5.97 Å². The van der Waals surface area contributed by atoms with Crippen molar-refractivity contribution < 1.29 is 14.7 Å². The fourth-order valence-corrected chi connectivity index (χ4v) is 2.93. The number of aliphatic carboxylic acids is 1. The van der Waals surface area contributed by atoms with E-state index in [1.165, 1.54) is 0 Å². The lowest BCUT2D eigenvalue weighted by Crippen LogP contribution is -2.53. The van der Waals surface area contributed by atoms with Gasteiger partial charge >= 0.3 is 12.0 Å². The molecule has 0 radical (unpaired) electrons. The summed E-state index contributed by atoms with van der Waals surface area (Å²) in [6.07, 6.45) is -0.0434. The van der Waals surface area contributed by atoms with Crippen LogP contribution in [0.15, 0.2) is 0 Å². The van der Waals surface area contributed by atoms with Crippen LogP contribution in [0.2, 0.25) is 0 Å². The van der Waals surface area contributed by atoms with Crippen molar-refractivity contribution in [3.63, 3.8) is 0 Å². The highest BCUT2D eigenvalue weighted by Crippen LogP contribution is 2.24. The number of hydrogen-bond donors (Lipinski definition) is 2. The van der Waals surface area contributed by atoms with Crippen molar-refractivity contribution in [2.75, 3.05) is 12.3 Å². The molecule has 0 aromatic rings. The second-order valence-electron chi connectivity index (χ2n) is 4.46. The predicted octanol–water partition coefficient (Wildman–Crippen LogP) is 1.39. The summed E-state index contributed by atoms with van der Waals surface area (Å²) in [7, 11) is 0. The van der Waals surface area contributed by atoms with Gasteiger partial charge in [-0.05, 0) is 13.8 Å². The summed E-state index contributed by atoms with van der Waals surface area (Å²) in [6.45, 7) is 6.56. The number of carboxylic acids is 1. The van der Waals surface area contributed by atoms with Gasteiger partial charge in [0.15, 0.2) is 0 Å². The molecule has 3 atom stereocenters. The van der Waals surface area contributed by atoms with Gasteiger partial charge in [0.25, 0.3) is 0 Å². The Hall–Kier alpha value is -0.910. The van der Waals surface area contributed by atoms with Crippen LogP contribution < -0.4 is 5.32 Å². The summed E-state index contributed by atoms with van der Waals surface area (Å²) >= 11 is 1.86. The van der Waals surface area contributed by atoms with E-state index in [-0.39, 0.29) is 24.5 Å². The first-order chi connectivity index (χ1) is 7.91. The first-order valence-electron chi connectivity index (χ1n) is 5.82. The van der Waals surface area contributed by atoms with Crippen LogP contribution in [0, 0.1) is 0 Å². The lowest BCUT2D eigenvalue weighted by atomic mass is 10.2. The van der Waals surface area contributed by atoms with Crippen molar-refractivity contribution in [3.8, 4) is 0 Å². The highest BCUT2D eigenvalue weighted by molar-refractivity contribution is 8.00. The molecule has 1 aliphatic heterocycles. The number of thioether (sulfide) groups is 1. The first-order valence-corrected chi connectivity index (χ1v) is 6.87. The topological polar surface area (TPSA) is 69.6 Å². The molecular formula is C11H20N2O3S. The number of rotatable bonds is 3. The monoisotopic (exact) mass is 260 g/mol. The maximum absolute atomic E-state index is 12.0. The molecule has 1 saturated heterocycles.